The van der Waals surface area contributed by atoms with Crippen molar-refractivity contribution in [3.8, 4) is 5.75 Å². The van der Waals surface area contributed by atoms with Crippen LogP contribution in [-0.2, 0) is 4.79 Å². The van der Waals surface area contributed by atoms with Gasteiger partial charge in [-0.15, -0.1) is 11.3 Å². The Balaban J connectivity index is 1.33. The highest BCUT2D eigenvalue weighted by Gasteiger charge is 2.24. The Bertz CT molecular complexity index is 758. The Hall–Kier alpha value is -2.05. The van der Waals surface area contributed by atoms with Crippen LogP contribution in [0.15, 0.2) is 41.8 Å². The maximum Gasteiger partial charge on any atom is 0.261 e. The van der Waals surface area contributed by atoms with Crippen LogP contribution in [0.4, 0.5) is 0 Å². The normalized spacial score (nSPS) is 14.8. The molecule has 0 atom stereocenters. The lowest BCUT2D eigenvalue weighted by Crippen LogP contribution is -2.46. The van der Waals surface area contributed by atoms with Gasteiger partial charge in [0.25, 0.3) is 5.91 Å². The molecule has 0 saturated carbocycles. The Morgan fingerprint density at radius 2 is 1.96 bits per heavy atom. The SMILES string of the molecule is O=C(NC1CCN(C(=O)CCCOc2ccccc2Cl)CC1)c1cccs1. The number of piperidine rings is 1. The molecule has 7 heteroatoms. The molecule has 0 aliphatic carbocycles. The average Bonchev–Trinajstić information content (AvgIpc) is 3.22. The van der Waals surface area contributed by atoms with Crippen LogP contribution < -0.4 is 10.1 Å². The first kappa shape index (κ1) is 19.7. The molecular weight excluding hydrogens is 384 g/mol. The molecule has 2 amide bonds. The third kappa shape index (κ3) is 5.71. The van der Waals surface area contributed by atoms with Crippen molar-refractivity contribution in [1.82, 2.24) is 10.2 Å². The van der Waals surface area contributed by atoms with Crippen molar-refractivity contribution in [3.05, 3.63) is 51.7 Å². The molecule has 5 nitrogen and oxygen atoms in total. The molecule has 0 bridgehead atoms. The third-order valence-electron chi connectivity index (χ3n) is 4.56. The van der Waals surface area contributed by atoms with E-state index in [1.54, 1.807) is 6.07 Å². The van der Waals surface area contributed by atoms with E-state index in [1.165, 1.54) is 11.3 Å². The summed E-state index contributed by atoms with van der Waals surface area (Å²) >= 11 is 7.48. The van der Waals surface area contributed by atoms with Gasteiger partial charge in [0.15, 0.2) is 0 Å². The molecule has 2 heterocycles. The fraction of sp³-hybridized carbons (Fsp3) is 0.400. The van der Waals surface area contributed by atoms with E-state index in [9.17, 15) is 9.59 Å². The minimum atomic E-state index is -0.0218. The van der Waals surface area contributed by atoms with Gasteiger partial charge in [-0.05, 0) is 42.8 Å². The third-order valence-corrected chi connectivity index (χ3v) is 5.74. The number of carbonyl (C=O) groups is 2. The molecule has 1 fully saturated rings. The van der Waals surface area contributed by atoms with Gasteiger partial charge in [-0.2, -0.15) is 0 Å². The van der Waals surface area contributed by atoms with E-state index in [0.717, 1.165) is 17.7 Å². The van der Waals surface area contributed by atoms with Crippen LogP contribution in [0.5, 0.6) is 5.75 Å². The topological polar surface area (TPSA) is 58.6 Å². The summed E-state index contributed by atoms with van der Waals surface area (Å²) in [7, 11) is 0. The molecule has 1 aliphatic rings. The minimum Gasteiger partial charge on any atom is -0.492 e. The molecule has 1 N–H and O–H groups in total. The molecular formula is C20H23ClN2O3S. The fourth-order valence-corrected chi connectivity index (χ4v) is 3.88. The van der Waals surface area contributed by atoms with Crippen molar-refractivity contribution in [3.63, 3.8) is 0 Å². The molecule has 1 aromatic heterocycles. The van der Waals surface area contributed by atoms with Crippen molar-refractivity contribution in [2.24, 2.45) is 0 Å². The molecule has 144 valence electrons. The summed E-state index contributed by atoms with van der Waals surface area (Å²) < 4.78 is 5.62. The maximum atomic E-state index is 12.4. The zero-order valence-corrected chi connectivity index (χ0v) is 16.6. The maximum absolute atomic E-state index is 12.4. The van der Waals surface area contributed by atoms with Crippen LogP contribution in [0.2, 0.25) is 5.02 Å². The van der Waals surface area contributed by atoms with Crippen LogP contribution in [0.3, 0.4) is 0 Å². The quantitative estimate of drug-likeness (QED) is 0.707. The number of benzene rings is 1. The van der Waals surface area contributed by atoms with E-state index in [-0.39, 0.29) is 17.9 Å². The van der Waals surface area contributed by atoms with Crippen molar-refractivity contribution in [2.45, 2.75) is 31.7 Å². The number of rotatable bonds is 7. The lowest BCUT2D eigenvalue weighted by molar-refractivity contribution is -0.132. The van der Waals surface area contributed by atoms with Crippen molar-refractivity contribution >= 4 is 34.8 Å². The second-order valence-electron chi connectivity index (χ2n) is 6.49. The van der Waals surface area contributed by atoms with Crippen LogP contribution in [0, 0.1) is 0 Å². The molecule has 0 spiro atoms. The zero-order valence-electron chi connectivity index (χ0n) is 15.0. The predicted octanol–water partition coefficient (Wildman–Crippen LogP) is 3.98. The number of nitrogens with one attached hydrogen (secondary N) is 1. The van der Waals surface area contributed by atoms with Crippen molar-refractivity contribution in [2.75, 3.05) is 19.7 Å². The fourth-order valence-electron chi connectivity index (χ4n) is 3.06. The molecule has 0 unspecified atom stereocenters. The Morgan fingerprint density at radius 3 is 2.67 bits per heavy atom. The Kier molecular flexibility index (Phi) is 7.12. The number of ether oxygens (including phenoxy) is 1. The van der Waals surface area contributed by atoms with Gasteiger partial charge < -0.3 is 15.0 Å². The highest BCUT2D eigenvalue weighted by molar-refractivity contribution is 7.12. The van der Waals surface area contributed by atoms with Crippen LogP contribution in [0.25, 0.3) is 0 Å². The molecule has 3 rings (SSSR count). The first-order valence-corrected chi connectivity index (χ1v) is 10.4. The monoisotopic (exact) mass is 406 g/mol. The number of thiophene rings is 1. The van der Waals surface area contributed by atoms with Crippen LogP contribution in [-0.4, -0.2) is 42.5 Å². The number of amides is 2. The van der Waals surface area contributed by atoms with E-state index in [1.807, 2.05) is 40.6 Å². The van der Waals surface area contributed by atoms with Gasteiger partial charge >= 0.3 is 0 Å². The number of hydrogen-bond acceptors (Lipinski definition) is 4. The standard InChI is InChI=1S/C20H23ClN2O3S/c21-16-5-1-2-6-17(16)26-13-3-8-19(24)23-11-9-15(10-12-23)22-20(25)18-7-4-14-27-18/h1-2,4-7,14-15H,3,8-13H2,(H,22,25). The molecule has 1 aromatic carbocycles. The van der Waals surface area contributed by atoms with E-state index in [4.69, 9.17) is 16.3 Å². The van der Waals surface area contributed by atoms with Gasteiger partial charge in [0, 0.05) is 25.6 Å². The summed E-state index contributed by atoms with van der Waals surface area (Å²) in [5.74, 6) is 0.765. The molecule has 2 aromatic rings. The molecule has 0 radical (unpaired) electrons. The van der Waals surface area contributed by atoms with Crippen molar-refractivity contribution in [1.29, 1.82) is 0 Å². The number of hydrogen-bond donors (Lipinski definition) is 1. The number of halogens is 1. The van der Waals surface area contributed by atoms with Crippen molar-refractivity contribution < 1.29 is 14.3 Å². The van der Waals surface area contributed by atoms with Gasteiger partial charge in [-0.3, -0.25) is 9.59 Å². The summed E-state index contributed by atoms with van der Waals surface area (Å²) in [6, 6.07) is 11.1. The van der Waals surface area contributed by atoms with Crippen LogP contribution >= 0.6 is 22.9 Å². The van der Waals surface area contributed by atoms with Gasteiger partial charge in [0.05, 0.1) is 16.5 Å². The number of likely N-dealkylation sites (tertiary alicyclic amines) is 1. The van der Waals surface area contributed by atoms with Gasteiger partial charge in [0.2, 0.25) is 5.91 Å². The largest absolute Gasteiger partial charge is 0.492 e. The predicted molar refractivity (Wildman–Crippen MR) is 108 cm³/mol. The summed E-state index contributed by atoms with van der Waals surface area (Å²) in [5, 5.41) is 5.53. The molecule has 1 saturated heterocycles. The molecule has 27 heavy (non-hydrogen) atoms. The number of carbonyl (C=O) groups excluding carboxylic acids is 2. The van der Waals surface area contributed by atoms with E-state index in [2.05, 4.69) is 5.32 Å². The second kappa shape index (κ2) is 9.76. The Labute approximate surface area is 168 Å². The lowest BCUT2D eigenvalue weighted by atomic mass is 10.0. The summed E-state index contributed by atoms with van der Waals surface area (Å²) in [6.07, 6.45) is 2.69. The number of para-hydroxylation sites is 1. The second-order valence-corrected chi connectivity index (χ2v) is 7.84. The smallest absolute Gasteiger partial charge is 0.261 e. The van der Waals surface area contributed by atoms with E-state index >= 15 is 0 Å². The summed E-state index contributed by atoms with van der Waals surface area (Å²) in [5.41, 5.74) is 0. The van der Waals surface area contributed by atoms with E-state index in [0.29, 0.717) is 43.3 Å². The van der Waals surface area contributed by atoms with Gasteiger partial charge in [-0.25, -0.2) is 0 Å². The lowest BCUT2D eigenvalue weighted by Gasteiger charge is -2.32. The van der Waals surface area contributed by atoms with Crippen LogP contribution in [0.1, 0.15) is 35.4 Å². The highest BCUT2D eigenvalue weighted by Crippen LogP contribution is 2.23. The molecule has 1 aliphatic heterocycles. The number of nitrogens with zero attached hydrogens (tertiary/aromatic N) is 1. The summed E-state index contributed by atoms with van der Waals surface area (Å²) in [4.78, 5) is 27.1. The highest BCUT2D eigenvalue weighted by atomic mass is 35.5. The average molecular weight is 407 g/mol. The van der Waals surface area contributed by atoms with E-state index < -0.39 is 0 Å². The Morgan fingerprint density at radius 1 is 1.19 bits per heavy atom. The minimum absolute atomic E-state index is 0.0218. The summed E-state index contributed by atoms with van der Waals surface area (Å²) in [6.45, 7) is 1.82. The van der Waals surface area contributed by atoms with Gasteiger partial charge in [0.1, 0.15) is 5.75 Å². The first-order valence-electron chi connectivity index (χ1n) is 9.13. The first-order chi connectivity index (χ1) is 13.1. The zero-order chi connectivity index (χ0) is 19.1. The van der Waals surface area contributed by atoms with Gasteiger partial charge in [-0.1, -0.05) is 29.8 Å².